The first kappa shape index (κ1) is 72.3. The van der Waals surface area contributed by atoms with E-state index in [-0.39, 0.29) is 78.7 Å². The summed E-state index contributed by atoms with van der Waals surface area (Å²) in [5, 5.41) is 1.04. The molecule has 27 nitrogen and oxygen atoms in total. The lowest BCUT2D eigenvalue weighted by molar-refractivity contribution is -0.167. The van der Waals surface area contributed by atoms with Crippen molar-refractivity contribution in [3.05, 3.63) is 168 Å². The molecule has 0 radical (unpaired) electrons. The number of carbonyl (C=O) groups is 12. The Morgan fingerprint density at radius 2 is 0.399 bits per heavy atom. The predicted molar refractivity (Wildman–Crippen MR) is 472 cm³/mol. The van der Waals surface area contributed by atoms with E-state index in [2.05, 4.69) is 47.8 Å². The van der Waals surface area contributed by atoms with Gasteiger partial charge in [0.1, 0.15) is 19.8 Å². The lowest BCUT2D eigenvalue weighted by atomic mass is 9.63. The molecule has 6 heterocycles. The number of hydrogen-bond donors (Lipinski definition) is 0. The molecule has 45 rings (SSSR count). The van der Waals surface area contributed by atoms with Crippen molar-refractivity contribution >= 4 is 119 Å². The molecular formula is C108H57Br3O27. The average Bonchev–Trinajstić information content (AvgIpc) is 1.30. The van der Waals surface area contributed by atoms with Crippen LogP contribution in [0, 0.1) is 32.5 Å². The number of alkyl halides is 3. The van der Waals surface area contributed by atoms with E-state index in [1.807, 2.05) is 18.2 Å². The third-order valence-electron chi connectivity index (χ3n) is 43.4. The van der Waals surface area contributed by atoms with Crippen molar-refractivity contribution in [2.75, 3.05) is 118 Å². The molecule has 30 heteroatoms. The second-order valence-electron chi connectivity index (χ2n) is 43.7. The minimum atomic E-state index is -2.71. The largest absolute Gasteiger partial charge is 0.468 e. The van der Waals surface area contributed by atoms with Crippen molar-refractivity contribution < 1.29 is 129 Å². The maximum Gasteiger partial charge on any atom is 0.326 e. The van der Waals surface area contributed by atoms with Crippen LogP contribution in [0.1, 0.15) is 169 Å². The van der Waals surface area contributed by atoms with Gasteiger partial charge in [0.2, 0.25) is 0 Å². The molecule has 138 heavy (non-hydrogen) atoms. The molecule has 27 bridgehead atoms. The zero-order valence-corrected chi connectivity index (χ0v) is 77.9. The van der Waals surface area contributed by atoms with Gasteiger partial charge in [0.15, 0.2) is 32.5 Å². The third-order valence-corrected chi connectivity index (χ3v) is 45.1. The number of ether oxygens (including phenoxy) is 15. The van der Waals surface area contributed by atoms with Crippen molar-refractivity contribution in [3.63, 3.8) is 0 Å². The highest BCUT2D eigenvalue weighted by Crippen LogP contribution is 3.17. The van der Waals surface area contributed by atoms with Gasteiger partial charge < -0.3 is 71.1 Å². The molecule has 9 aromatic rings. The molecular weight excluding hydrogens is 1970 g/mol. The van der Waals surface area contributed by atoms with Crippen LogP contribution < -0.4 is 0 Å². The van der Waals surface area contributed by atoms with E-state index in [1.165, 1.54) is 42.7 Å². The normalized spacial score (nSPS) is 37.9. The van der Waals surface area contributed by atoms with Gasteiger partial charge in [-0.1, -0.05) is 66.0 Å². The fraction of sp³-hybridized carbons (Fsp3) is 0.389. The molecule has 6 aliphatic heterocycles. The Bertz CT molecular complexity index is 7030. The van der Waals surface area contributed by atoms with E-state index in [9.17, 15) is 0 Å². The standard InChI is InChI=1S/C108H57Br3O27/c1-124-79(112)103(85(118)133-13-7-10-109)91-55-31-34-58(91)37-43-64-46-40-61(94(64,91)103)35-32(55)57-33-36-60-39-45-65-47-41(62(34)95(65)93(60,56(31)33)105(95,81(114)126-3)87(120)135-15-9-12-111)67(37)97-70(43)49-52-76-53-50-71-44-38-59(35)92(57)96(104(92,80(113)125-2)86(119)134-14-8-11-110)63(36)42-48(66(44)96)75(50)102-78(53)54-51-72(45)99(102,69(39)42)108(102,84(117)129-6)90(123)138-21-18-132-27-30-23-28(25-130-16-19-136-88(121)106(97,82(115)127-4)101(97,74(47)51)77(52)54)22-29(24-30)26-131-17-20-137-89(122)107(83(116)128-5)98(71,68(38)40)100(76,107)73(46)49/h22-24H,7-21,25-27H2,1-6H3. The molecule has 9 aromatic carbocycles. The zero-order valence-electron chi connectivity index (χ0n) is 73.1. The van der Waals surface area contributed by atoms with Crippen LogP contribution in [0.15, 0.2) is 18.2 Å². The lowest BCUT2D eigenvalue weighted by Crippen LogP contribution is -2.40. The fourth-order valence-corrected chi connectivity index (χ4v) is 44.2. The van der Waals surface area contributed by atoms with Gasteiger partial charge in [-0.05, 0) is 303 Å². The molecule has 30 aliphatic carbocycles. The summed E-state index contributed by atoms with van der Waals surface area (Å²) in [6.07, 6.45) is 0.744. The maximum atomic E-state index is 18.9. The van der Waals surface area contributed by atoms with Crippen LogP contribution in [-0.4, -0.2) is 190 Å². The first-order valence-electron chi connectivity index (χ1n) is 47.4. The van der Waals surface area contributed by atoms with Crippen molar-refractivity contribution in [1.82, 2.24) is 0 Å². The smallest absolute Gasteiger partial charge is 0.326 e. The number of rotatable bonds is 18. The molecule has 36 aliphatic rings. The molecule has 6 saturated carbocycles. The van der Waals surface area contributed by atoms with Crippen molar-refractivity contribution in [1.29, 1.82) is 0 Å². The molecule has 672 valence electrons. The van der Waals surface area contributed by atoms with Crippen LogP contribution in [-0.2, 0) is 213 Å². The van der Waals surface area contributed by atoms with Crippen molar-refractivity contribution in [2.24, 2.45) is 32.5 Å². The first-order chi connectivity index (χ1) is 67.3. The number of esters is 12. The quantitative estimate of drug-likeness (QED) is 0.0253. The fourth-order valence-electron chi connectivity index (χ4n) is 43.5. The van der Waals surface area contributed by atoms with Crippen LogP contribution in [0.2, 0.25) is 0 Å². The minimum absolute atomic E-state index is 0.0572. The van der Waals surface area contributed by atoms with E-state index in [1.54, 1.807) is 0 Å². The molecule has 0 N–H and O–H groups in total. The van der Waals surface area contributed by atoms with Gasteiger partial charge in [-0.2, -0.15) is 0 Å². The van der Waals surface area contributed by atoms with Gasteiger partial charge in [0.25, 0.3) is 0 Å². The van der Waals surface area contributed by atoms with Crippen molar-refractivity contribution in [2.45, 2.75) is 104 Å². The molecule has 12 spiro atoms. The van der Waals surface area contributed by atoms with Crippen LogP contribution in [0.4, 0.5) is 0 Å². The first-order valence-corrected chi connectivity index (χ1v) is 50.8. The monoisotopic (exact) mass is 2020 g/mol. The summed E-state index contributed by atoms with van der Waals surface area (Å²) in [7, 11) is 7.57. The Balaban J connectivity index is 0.838. The SMILES string of the molecule is COC(=O)C1(C(=O)OCCCBr)C23c4c5c6c7c8c4-c4c2c2c9c%10c4C4%11c%12c%13c%14c%15c(c%12-%10)C%10%12c%16c%17c%18c%19c(c%16-%15)C%15%16c%20c%21c%22c%23c(c%20-%19)C%19%20c%24c-%23c%23c-5c5c%24-c%24c(c-2c2c-%17c%24C%18%19C%20(C(=O)OC)C(=O)OCCOCc%17cc(cc(c%17)COCCOC(=O)C%15(C(=O)OC)C%14%16c%14c-%13c(c-7c(c%14-%21)C%227C(C(=O)OC)(C(=O)OCCCBr)C6%237)C84C%11(C(=O)OC)C(=O)OCCCBr)COCCOC(=O)C%10(C(=O)OC)C92%12)C513. The van der Waals surface area contributed by atoms with E-state index < -0.39 is 189 Å². The van der Waals surface area contributed by atoms with Crippen LogP contribution in [0.5, 0.6) is 0 Å². The van der Waals surface area contributed by atoms with Gasteiger partial charge in [-0.3, -0.25) is 57.5 Å². The van der Waals surface area contributed by atoms with Crippen molar-refractivity contribution in [3.8, 4) is 134 Å². The Kier molecular flexibility index (Phi) is 9.76. The van der Waals surface area contributed by atoms with E-state index in [0.29, 0.717) is 300 Å². The molecule has 6 fully saturated rings. The predicted octanol–water partition coefficient (Wildman–Crippen LogP) is 9.46. The summed E-state index contributed by atoms with van der Waals surface area (Å²) in [6.45, 7) is -2.96. The van der Waals surface area contributed by atoms with E-state index >= 15 is 57.5 Å². The number of benzene rings is 9. The van der Waals surface area contributed by atoms with Gasteiger partial charge >= 0.3 is 71.6 Å². The number of halogens is 3. The number of carbonyl (C=O) groups excluding carboxylic acids is 12. The highest BCUT2D eigenvalue weighted by atomic mass is 79.9. The number of methoxy groups -OCH3 is 6. The second kappa shape index (κ2) is 18.6. The van der Waals surface area contributed by atoms with Gasteiger partial charge in [-0.25, -0.2) is 0 Å². The van der Waals surface area contributed by atoms with Crippen LogP contribution in [0.3, 0.4) is 0 Å². The number of hydrogen-bond acceptors (Lipinski definition) is 27. The van der Waals surface area contributed by atoms with Gasteiger partial charge in [0.05, 0.1) is 167 Å². The lowest BCUT2D eigenvalue weighted by Gasteiger charge is -2.37. The zero-order chi connectivity index (χ0) is 91.8. The topological polar surface area (TPSA) is 343 Å². The Hall–Kier alpha value is -12.1. The molecule has 0 amide bonds. The van der Waals surface area contributed by atoms with Crippen LogP contribution >= 0.6 is 47.8 Å². The molecule has 18 atom stereocenters. The summed E-state index contributed by atoms with van der Waals surface area (Å²) >= 11 is 11.0. The summed E-state index contributed by atoms with van der Waals surface area (Å²) in [5.74, 6) is -12.1. The highest BCUT2D eigenvalue weighted by molar-refractivity contribution is 9.09. The average molecular weight is 2030 g/mol. The maximum absolute atomic E-state index is 18.9. The Labute approximate surface area is 799 Å². The molecule has 0 saturated heterocycles. The van der Waals surface area contributed by atoms with E-state index in [0.717, 1.165) is 0 Å². The minimum Gasteiger partial charge on any atom is -0.468 e. The van der Waals surface area contributed by atoms with Gasteiger partial charge in [-0.15, -0.1) is 0 Å². The van der Waals surface area contributed by atoms with Gasteiger partial charge in [0, 0.05) is 16.0 Å². The Morgan fingerprint density at radius 3 is 0.551 bits per heavy atom. The summed E-state index contributed by atoms with van der Waals surface area (Å²) in [4.78, 5) is 224. The Morgan fingerprint density at radius 1 is 0.239 bits per heavy atom. The van der Waals surface area contributed by atoms with E-state index in [4.69, 9.17) is 71.1 Å². The molecule has 18 unspecified atom stereocenters. The van der Waals surface area contributed by atoms with Crippen LogP contribution in [0.25, 0.3) is 134 Å². The summed E-state index contributed by atoms with van der Waals surface area (Å²) < 4.78 is 104. The molecule has 0 aromatic heterocycles. The summed E-state index contributed by atoms with van der Waals surface area (Å²) in [6, 6.07) is 5.65. The highest BCUT2D eigenvalue weighted by Gasteiger charge is 3.19. The second-order valence-corrected chi connectivity index (χ2v) is 46.1. The third kappa shape index (κ3) is 4.34. The summed E-state index contributed by atoms with van der Waals surface area (Å²) in [5.41, 5.74) is -21.2.